The molecule has 10 heavy (non-hydrogen) atoms. The smallest absolute Gasteiger partial charge is 0.115 e. The molecule has 0 fully saturated rings. The lowest BCUT2D eigenvalue weighted by molar-refractivity contribution is 0.475. The summed E-state index contributed by atoms with van der Waals surface area (Å²) in [6.07, 6.45) is 1.50. The number of phenols is 1. The van der Waals surface area contributed by atoms with E-state index in [1.165, 1.54) is 6.21 Å². The summed E-state index contributed by atoms with van der Waals surface area (Å²) in [4.78, 5) is 0. The fraction of sp³-hybridized carbons (Fsp3) is 0. The SMILES string of the molecule is Oc1ccc(/C=N/Cl)cc1. The number of benzene rings is 1. The third-order valence-corrected chi connectivity index (χ3v) is 1.19. The molecule has 0 radical (unpaired) electrons. The molecule has 0 spiro atoms. The lowest BCUT2D eigenvalue weighted by Gasteiger charge is -1.90. The van der Waals surface area contributed by atoms with Gasteiger partial charge in [0.1, 0.15) is 5.75 Å². The Balaban J connectivity index is 2.89. The average molecular weight is 156 g/mol. The van der Waals surface area contributed by atoms with Crippen molar-refractivity contribution in [3.63, 3.8) is 0 Å². The van der Waals surface area contributed by atoms with E-state index in [1.54, 1.807) is 24.3 Å². The van der Waals surface area contributed by atoms with E-state index in [0.717, 1.165) is 5.56 Å². The van der Waals surface area contributed by atoms with Gasteiger partial charge >= 0.3 is 0 Å². The number of rotatable bonds is 1. The molecular weight excluding hydrogens is 150 g/mol. The van der Waals surface area contributed by atoms with Crippen LogP contribution >= 0.6 is 11.8 Å². The maximum absolute atomic E-state index is 8.85. The van der Waals surface area contributed by atoms with E-state index in [0.29, 0.717) is 0 Å². The van der Waals surface area contributed by atoms with Gasteiger partial charge in [0.25, 0.3) is 0 Å². The van der Waals surface area contributed by atoms with Crippen molar-refractivity contribution >= 4 is 18.0 Å². The van der Waals surface area contributed by atoms with Gasteiger partial charge in [-0.25, -0.2) is 0 Å². The fourth-order valence-corrected chi connectivity index (χ4v) is 0.729. The summed E-state index contributed by atoms with van der Waals surface area (Å²) in [6.45, 7) is 0. The summed E-state index contributed by atoms with van der Waals surface area (Å²) in [5, 5.41) is 8.85. The molecule has 0 amide bonds. The van der Waals surface area contributed by atoms with Crippen molar-refractivity contribution in [2.24, 2.45) is 4.51 Å². The average Bonchev–Trinajstić information content (AvgIpc) is 1.95. The summed E-state index contributed by atoms with van der Waals surface area (Å²) in [5.41, 5.74) is 0.868. The molecule has 0 atom stereocenters. The summed E-state index contributed by atoms with van der Waals surface area (Å²) in [5.74, 6) is 0.242. The first kappa shape index (κ1) is 7.09. The molecule has 2 nitrogen and oxygen atoms in total. The molecule has 1 aromatic rings. The topological polar surface area (TPSA) is 32.6 Å². The first-order valence-electron chi connectivity index (χ1n) is 2.76. The quantitative estimate of drug-likeness (QED) is 0.618. The molecule has 1 aromatic carbocycles. The molecule has 52 valence electrons. The van der Waals surface area contributed by atoms with Gasteiger partial charge in [-0.15, -0.1) is 0 Å². The van der Waals surface area contributed by atoms with Gasteiger partial charge in [0, 0.05) is 18.0 Å². The molecule has 3 heteroatoms. The molecule has 0 aliphatic heterocycles. The minimum atomic E-state index is 0.242. The molecule has 1 rings (SSSR count). The molecule has 0 bridgehead atoms. The van der Waals surface area contributed by atoms with Crippen molar-refractivity contribution in [2.45, 2.75) is 0 Å². The van der Waals surface area contributed by atoms with Crippen LogP contribution in [0.4, 0.5) is 0 Å². The zero-order chi connectivity index (χ0) is 7.40. The second kappa shape index (κ2) is 3.22. The summed E-state index contributed by atoms with van der Waals surface area (Å²) >= 11 is 5.08. The molecule has 0 aliphatic rings. The number of hydrogen-bond acceptors (Lipinski definition) is 2. The van der Waals surface area contributed by atoms with Crippen LogP contribution in [0, 0.1) is 0 Å². The van der Waals surface area contributed by atoms with Crippen LogP contribution in [0.2, 0.25) is 0 Å². The zero-order valence-corrected chi connectivity index (χ0v) is 5.92. The first-order chi connectivity index (χ1) is 4.83. The van der Waals surface area contributed by atoms with Crippen LogP contribution in [0.25, 0.3) is 0 Å². The van der Waals surface area contributed by atoms with Crippen molar-refractivity contribution < 1.29 is 5.11 Å². The maximum atomic E-state index is 8.85. The Kier molecular flexibility index (Phi) is 2.29. The van der Waals surface area contributed by atoms with Crippen LogP contribution in [0.15, 0.2) is 28.8 Å². The van der Waals surface area contributed by atoms with Crippen LogP contribution in [0.5, 0.6) is 5.75 Å². The lowest BCUT2D eigenvalue weighted by Crippen LogP contribution is -1.76. The highest BCUT2D eigenvalue weighted by Gasteiger charge is 1.86. The highest BCUT2D eigenvalue weighted by Crippen LogP contribution is 2.07. The second-order valence-electron chi connectivity index (χ2n) is 1.82. The highest BCUT2D eigenvalue weighted by molar-refractivity contribution is 6.18. The first-order valence-corrected chi connectivity index (χ1v) is 3.10. The van der Waals surface area contributed by atoms with Gasteiger partial charge in [0.15, 0.2) is 0 Å². The summed E-state index contributed by atoms with van der Waals surface area (Å²) < 4.78 is 3.30. The molecule has 0 saturated heterocycles. The Morgan fingerprint density at radius 3 is 2.40 bits per heavy atom. The number of nitrogens with zero attached hydrogens (tertiary/aromatic N) is 1. The fourth-order valence-electron chi connectivity index (χ4n) is 0.617. The minimum Gasteiger partial charge on any atom is -0.508 e. The number of aromatic hydroxyl groups is 1. The molecule has 0 heterocycles. The van der Waals surface area contributed by atoms with Crippen molar-refractivity contribution in [3.05, 3.63) is 29.8 Å². The van der Waals surface area contributed by atoms with Crippen molar-refractivity contribution in [1.29, 1.82) is 0 Å². The van der Waals surface area contributed by atoms with Gasteiger partial charge in [0.2, 0.25) is 0 Å². The van der Waals surface area contributed by atoms with Crippen molar-refractivity contribution in [1.82, 2.24) is 0 Å². The predicted octanol–water partition coefficient (Wildman–Crippen LogP) is 1.96. The molecule has 0 aliphatic carbocycles. The third kappa shape index (κ3) is 1.74. The predicted molar refractivity (Wildman–Crippen MR) is 41.6 cm³/mol. The number of halogens is 1. The van der Waals surface area contributed by atoms with Gasteiger partial charge in [-0.1, -0.05) is 0 Å². The van der Waals surface area contributed by atoms with Crippen LogP contribution in [-0.2, 0) is 0 Å². The minimum absolute atomic E-state index is 0.242. The van der Waals surface area contributed by atoms with Gasteiger partial charge < -0.3 is 5.11 Å². The van der Waals surface area contributed by atoms with Crippen LogP contribution < -0.4 is 0 Å². The van der Waals surface area contributed by atoms with Gasteiger partial charge in [-0.2, -0.15) is 4.51 Å². The van der Waals surface area contributed by atoms with E-state index in [9.17, 15) is 0 Å². The van der Waals surface area contributed by atoms with Gasteiger partial charge in [-0.3, -0.25) is 0 Å². The highest BCUT2D eigenvalue weighted by atomic mass is 35.5. The van der Waals surface area contributed by atoms with Gasteiger partial charge in [0.05, 0.1) is 0 Å². The van der Waals surface area contributed by atoms with E-state index in [4.69, 9.17) is 16.9 Å². The molecule has 0 aromatic heterocycles. The van der Waals surface area contributed by atoms with Crippen LogP contribution in [0.3, 0.4) is 0 Å². The Hall–Kier alpha value is -1.02. The second-order valence-corrected chi connectivity index (χ2v) is 2.01. The number of phenolic OH excluding ortho intramolecular Hbond substituents is 1. The normalized spacial score (nSPS) is 10.5. The monoisotopic (exact) mass is 155 g/mol. The Labute approximate surface area is 63.9 Å². The van der Waals surface area contributed by atoms with E-state index < -0.39 is 0 Å². The van der Waals surface area contributed by atoms with Crippen molar-refractivity contribution in [3.8, 4) is 5.75 Å². The third-order valence-electron chi connectivity index (χ3n) is 1.09. The summed E-state index contributed by atoms with van der Waals surface area (Å²) in [7, 11) is 0. The maximum Gasteiger partial charge on any atom is 0.115 e. The Bertz CT molecular complexity index is 230. The Morgan fingerprint density at radius 2 is 1.90 bits per heavy atom. The molecule has 1 N–H and O–H groups in total. The largest absolute Gasteiger partial charge is 0.508 e. The molecule has 0 saturated carbocycles. The molecule has 0 unspecified atom stereocenters. The van der Waals surface area contributed by atoms with E-state index in [-0.39, 0.29) is 5.75 Å². The Morgan fingerprint density at radius 1 is 1.30 bits per heavy atom. The van der Waals surface area contributed by atoms with Gasteiger partial charge in [-0.05, 0) is 29.8 Å². The standard InChI is InChI=1S/C7H6ClNO/c8-9-5-6-1-3-7(10)4-2-6/h1-5,10H/b9-5+. The number of hydrogen-bond donors (Lipinski definition) is 1. The molecular formula is C7H6ClNO. The van der Waals surface area contributed by atoms with E-state index >= 15 is 0 Å². The van der Waals surface area contributed by atoms with Crippen molar-refractivity contribution in [2.75, 3.05) is 0 Å². The summed E-state index contributed by atoms with van der Waals surface area (Å²) in [6, 6.07) is 6.60. The van der Waals surface area contributed by atoms with Crippen LogP contribution in [-0.4, -0.2) is 11.3 Å². The lowest BCUT2D eigenvalue weighted by atomic mass is 10.2. The van der Waals surface area contributed by atoms with E-state index in [1.807, 2.05) is 0 Å². The zero-order valence-electron chi connectivity index (χ0n) is 5.16. The van der Waals surface area contributed by atoms with Crippen LogP contribution in [0.1, 0.15) is 5.56 Å². The van der Waals surface area contributed by atoms with E-state index in [2.05, 4.69) is 4.51 Å².